The Balaban J connectivity index is 0.00000225. The second-order valence-electron chi connectivity index (χ2n) is 3.32. The van der Waals surface area contributed by atoms with Crippen LogP contribution in [0.4, 0.5) is 0 Å². The molecular weight excluding hydrogens is 230 g/mol. The van der Waals surface area contributed by atoms with Crippen LogP contribution in [0.2, 0.25) is 0 Å². The van der Waals surface area contributed by atoms with Crippen molar-refractivity contribution in [2.45, 2.75) is 0 Å². The molecule has 1 aromatic rings. The van der Waals surface area contributed by atoms with Crippen molar-refractivity contribution in [2.24, 2.45) is 0 Å². The number of likely N-dealkylation sites (N-methyl/N-ethyl adjacent to an activating group) is 1. The smallest absolute Gasteiger partial charge is 0.330 e. The molecule has 90 valence electrons. The molecule has 0 aromatic carbocycles. The van der Waals surface area contributed by atoms with Crippen molar-refractivity contribution in [3.05, 3.63) is 30.2 Å². The SMILES string of the molecule is CN(C)CCOC(=O)/C=C/c1ccco1.Cl. The molecule has 0 saturated carbocycles. The zero-order valence-electron chi connectivity index (χ0n) is 9.38. The Bertz CT molecular complexity index is 320. The molecule has 0 radical (unpaired) electrons. The third-order valence-electron chi connectivity index (χ3n) is 1.71. The monoisotopic (exact) mass is 245 g/mol. The molecular formula is C11H16ClNO3. The predicted octanol–water partition coefficient (Wildman–Crippen LogP) is 1.82. The first-order valence-electron chi connectivity index (χ1n) is 4.71. The third-order valence-corrected chi connectivity index (χ3v) is 1.71. The van der Waals surface area contributed by atoms with E-state index in [0.29, 0.717) is 12.4 Å². The maximum absolute atomic E-state index is 11.2. The summed E-state index contributed by atoms with van der Waals surface area (Å²) in [4.78, 5) is 13.1. The van der Waals surface area contributed by atoms with Crippen LogP contribution in [0.25, 0.3) is 6.08 Å². The molecule has 0 atom stereocenters. The number of nitrogens with zero attached hydrogens (tertiary/aromatic N) is 1. The molecule has 1 rings (SSSR count). The number of carbonyl (C=O) groups is 1. The van der Waals surface area contributed by atoms with Crippen molar-refractivity contribution in [1.82, 2.24) is 4.90 Å². The molecule has 0 bridgehead atoms. The fourth-order valence-corrected chi connectivity index (χ4v) is 0.913. The van der Waals surface area contributed by atoms with Gasteiger partial charge in [-0.15, -0.1) is 12.4 Å². The molecule has 1 aromatic heterocycles. The number of halogens is 1. The van der Waals surface area contributed by atoms with Gasteiger partial charge in [-0.2, -0.15) is 0 Å². The molecule has 0 saturated heterocycles. The zero-order valence-corrected chi connectivity index (χ0v) is 10.2. The van der Waals surface area contributed by atoms with Crippen molar-refractivity contribution in [1.29, 1.82) is 0 Å². The second kappa shape index (κ2) is 7.96. The van der Waals surface area contributed by atoms with Crippen molar-refractivity contribution in [2.75, 3.05) is 27.2 Å². The van der Waals surface area contributed by atoms with Gasteiger partial charge in [-0.1, -0.05) is 0 Å². The number of hydrogen-bond acceptors (Lipinski definition) is 4. The number of rotatable bonds is 5. The summed E-state index contributed by atoms with van der Waals surface area (Å²) in [6.45, 7) is 1.12. The van der Waals surface area contributed by atoms with Gasteiger partial charge in [0.1, 0.15) is 12.4 Å². The van der Waals surface area contributed by atoms with Gasteiger partial charge in [-0.05, 0) is 32.3 Å². The fourth-order valence-electron chi connectivity index (χ4n) is 0.913. The molecule has 0 spiro atoms. The lowest BCUT2D eigenvalue weighted by atomic mass is 10.4. The van der Waals surface area contributed by atoms with E-state index in [4.69, 9.17) is 9.15 Å². The number of ether oxygens (including phenoxy) is 1. The highest BCUT2D eigenvalue weighted by atomic mass is 35.5. The summed E-state index contributed by atoms with van der Waals surface area (Å²) in [5.41, 5.74) is 0. The quantitative estimate of drug-likeness (QED) is 0.586. The normalized spacial score (nSPS) is 10.4. The van der Waals surface area contributed by atoms with E-state index < -0.39 is 0 Å². The highest BCUT2D eigenvalue weighted by Gasteiger charge is 1.97. The number of furan rings is 1. The maximum Gasteiger partial charge on any atom is 0.330 e. The number of hydrogen-bond donors (Lipinski definition) is 0. The molecule has 0 amide bonds. The van der Waals surface area contributed by atoms with Crippen molar-refractivity contribution in [3.63, 3.8) is 0 Å². The molecule has 5 heteroatoms. The van der Waals surface area contributed by atoms with Gasteiger partial charge in [-0.3, -0.25) is 0 Å². The van der Waals surface area contributed by atoms with Crippen molar-refractivity contribution < 1.29 is 13.9 Å². The Morgan fingerprint density at radius 3 is 2.88 bits per heavy atom. The first-order valence-corrected chi connectivity index (χ1v) is 4.71. The Hall–Kier alpha value is -1.26. The molecule has 0 aliphatic heterocycles. The Morgan fingerprint density at radius 1 is 1.56 bits per heavy atom. The van der Waals surface area contributed by atoms with E-state index >= 15 is 0 Å². The average molecular weight is 246 g/mol. The minimum atomic E-state index is -0.353. The standard InChI is InChI=1S/C11H15NO3.ClH/c1-12(2)7-9-15-11(13)6-5-10-4-3-8-14-10;/h3-6,8H,7,9H2,1-2H3;1H/b6-5+;. The summed E-state index contributed by atoms with van der Waals surface area (Å²) in [6, 6.07) is 3.53. The van der Waals surface area contributed by atoms with Gasteiger partial charge in [-0.25, -0.2) is 4.79 Å². The van der Waals surface area contributed by atoms with Gasteiger partial charge in [0.2, 0.25) is 0 Å². The van der Waals surface area contributed by atoms with Crippen LogP contribution >= 0.6 is 12.4 Å². The van der Waals surface area contributed by atoms with Gasteiger partial charge in [0, 0.05) is 12.6 Å². The Labute approximate surface area is 101 Å². The topological polar surface area (TPSA) is 42.7 Å². The van der Waals surface area contributed by atoms with Gasteiger partial charge >= 0.3 is 5.97 Å². The van der Waals surface area contributed by atoms with E-state index in [1.807, 2.05) is 19.0 Å². The number of carbonyl (C=O) groups excluding carboxylic acids is 1. The van der Waals surface area contributed by atoms with Gasteiger partial charge in [0.15, 0.2) is 0 Å². The Morgan fingerprint density at radius 2 is 2.31 bits per heavy atom. The average Bonchev–Trinajstić information content (AvgIpc) is 2.66. The minimum Gasteiger partial charge on any atom is -0.465 e. The summed E-state index contributed by atoms with van der Waals surface area (Å²) in [5.74, 6) is 0.285. The van der Waals surface area contributed by atoms with Crippen molar-refractivity contribution in [3.8, 4) is 0 Å². The summed E-state index contributed by atoms with van der Waals surface area (Å²) in [6.07, 6.45) is 4.49. The largest absolute Gasteiger partial charge is 0.465 e. The molecule has 0 aliphatic carbocycles. The third kappa shape index (κ3) is 6.27. The van der Waals surface area contributed by atoms with Crippen LogP contribution in [0.15, 0.2) is 28.9 Å². The Kier molecular flexibility index (Phi) is 7.33. The van der Waals surface area contributed by atoms with Crippen LogP contribution in [-0.2, 0) is 9.53 Å². The van der Waals surface area contributed by atoms with E-state index in [-0.39, 0.29) is 18.4 Å². The fraction of sp³-hybridized carbons (Fsp3) is 0.364. The molecule has 0 unspecified atom stereocenters. The summed E-state index contributed by atoms with van der Waals surface area (Å²) < 4.78 is 9.97. The number of esters is 1. The van der Waals surface area contributed by atoms with Crippen LogP contribution in [-0.4, -0.2) is 38.1 Å². The van der Waals surface area contributed by atoms with Crippen LogP contribution in [0.5, 0.6) is 0 Å². The van der Waals surface area contributed by atoms with Crippen molar-refractivity contribution >= 4 is 24.5 Å². The molecule has 0 fully saturated rings. The lowest BCUT2D eigenvalue weighted by Gasteiger charge is -2.08. The van der Waals surface area contributed by atoms with Crippen LogP contribution in [0.1, 0.15) is 5.76 Å². The predicted molar refractivity (Wildman–Crippen MR) is 64.5 cm³/mol. The lowest BCUT2D eigenvalue weighted by molar-refractivity contribution is -0.137. The van der Waals surface area contributed by atoms with E-state index in [0.717, 1.165) is 6.54 Å². The van der Waals surface area contributed by atoms with E-state index in [1.54, 1.807) is 24.5 Å². The summed E-state index contributed by atoms with van der Waals surface area (Å²) >= 11 is 0. The van der Waals surface area contributed by atoms with Crippen LogP contribution in [0, 0.1) is 0 Å². The lowest BCUT2D eigenvalue weighted by Crippen LogP contribution is -2.19. The first-order chi connectivity index (χ1) is 7.18. The van der Waals surface area contributed by atoms with Gasteiger partial charge in [0.05, 0.1) is 6.26 Å². The highest BCUT2D eigenvalue weighted by Crippen LogP contribution is 2.02. The minimum absolute atomic E-state index is 0. The highest BCUT2D eigenvalue weighted by molar-refractivity contribution is 5.86. The van der Waals surface area contributed by atoms with E-state index in [2.05, 4.69) is 0 Å². The molecule has 1 heterocycles. The summed E-state index contributed by atoms with van der Waals surface area (Å²) in [7, 11) is 3.85. The maximum atomic E-state index is 11.2. The van der Waals surface area contributed by atoms with Gasteiger partial charge < -0.3 is 14.1 Å². The molecule has 0 N–H and O–H groups in total. The first kappa shape index (κ1) is 14.7. The summed E-state index contributed by atoms with van der Waals surface area (Å²) in [5, 5.41) is 0. The van der Waals surface area contributed by atoms with E-state index in [1.165, 1.54) is 6.08 Å². The van der Waals surface area contributed by atoms with Crippen LogP contribution in [0.3, 0.4) is 0 Å². The molecule has 0 aliphatic rings. The second-order valence-corrected chi connectivity index (χ2v) is 3.32. The zero-order chi connectivity index (χ0) is 11.1. The van der Waals surface area contributed by atoms with Gasteiger partial charge in [0.25, 0.3) is 0 Å². The molecule has 16 heavy (non-hydrogen) atoms. The van der Waals surface area contributed by atoms with Crippen LogP contribution < -0.4 is 0 Å². The van der Waals surface area contributed by atoms with E-state index in [9.17, 15) is 4.79 Å². The molecule has 4 nitrogen and oxygen atoms in total.